The third kappa shape index (κ3) is 5.31. The van der Waals surface area contributed by atoms with E-state index in [0.29, 0.717) is 30.4 Å². The van der Waals surface area contributed by atoms with Gasteiger partial charge in [0.25, 0.3) is 0 Å². The minimum absolute atomic E-state index is 0.260. The van der Waals surface area contributed by atoms with E-state index in [4.69, 9.17) is 14.2 Å². The van der Waals surface area contributed by atoms with Crippen LogP contribution in [0.5, 0.6) is 17.2 Å². The van der Waals surface area contributed by atoms with E-state index in [-0.39, 0.29) is 6.03 Å². The average molecular weight is 344 g/mol. The number of methoxy groups -OCH3 is 2. The lowest BCUT2D eigenvalue weighted by molar-refractivity contribution is 0.247. The summed E-state index contributed by atoms with van der Waals surface area (Å²) in [5.74, 6) is 1.92. The third-order valence-electron chi connectivity index (χ3n) is 3.70. The SMILES string of the molecule is COc1cc(OC)cc(OCCNC(=O)Nc2c(C)cccc2C)c1. The normalized spacial score (nSPS) is 10.1. The molecule has 0 aromatic heterocycles. The van der Waals surface area contributed by atoms with Crippen LogP contribution in [0.3, 0.4) is 0 Å². The van der Waals surface area contributed by atoms with Crippen LogP contribution in [0.15, 0.2) is 36.4 Å². The summed E-state index contributed by atoms with van der Waals surface area (Å²) in [5, 5.41) is 5.64. The van der Waals surface area contributed by atoms with Crippen molar-refractivity contribution in [2.75, 3.05) is 32.7 Å². The van der Waals surface area contributed by atoms with E-state index in [1.165, 1.54) is 0 Å². The molecule has 0 radical (unpaired) electrons. The molecule has 0 spiro atoms. The Labute approximate surface area is 148 Å². The number of para-hydroxylation sites is 1. The molecule has 6 heteroatoms. The Balaban J connectivity index is 1.82. The topological polar surface area (TPSA) is 68.8 Å². The second kappa shape index (κ2) is 8.82. The van der Waals surface area contributed by atoms with Crippen molar-refractivity contribution in [2.45, 2.75) is 13.8 Å². The van der Waals surface area contributed by atoms with E-state index in [2.05, 4.69) is 10.6 Å². The van der Waals surface area contributed by atoms with Crippen molar-refractivity contribution in [1.29, 1.82) is 0 Å². The van der Waals surface area contributed by atoms with Crippen molar-refractivity contribution < 1.29 is 19.0 Å². The Kier molecular flexibility index (Phi) is 6.51. The van der Waals surface area contributed by atoms with Crippen molar-refractivity contribution in [3.63, 3.8) is 0 Å². The second-order valence-electron chi connectivity index (χ2n) is 5.54. The van der Waals surface area contributed by atoms with E-state index in [1.54, 1.807) is 32.4 Å². The van der Waals surface area contributed by atoms with Gasteiger partial charge in [-0.1, -0.05) is 18.2 Å². The van der Waals surface area contributed by atoms with Gasteiger partial charge in [0.15, 0.2) is 0 Å². The molecule has 0 saturated heterocycles. The smallest absolute Gasteiger partial charge is 0.319 e. The number of hydrogen-bond acceptors (Lipinski definition) is 4. The van der Waals surface area contributed by atoms with Crippen LogP contribution in [0.2, 0.25) is 0 Å². The maximum Gasteiger partial charge on any atom is 0.319 e. The van der Waals surface area contributed by atoms with Crippen LogP contribution < -0.4 is 24.8 Å². The van der Waals surface area contributed by atoms with Crippen LogP contribution in [-0.2, 0) is 0 Å². The number of anilines is 1. The van der Waals surface area contributed by atoms with E-state index in [0.717, 1.165) is 16.8 Å². The molecule has 6 nitrogen and oxygen atoms in total. The van der Waals surface area contributed by atoms with Crippen LogP contribution in [0.25, 0.3) is 0 Å². The molecular formula is C19H24N2O4. The van der Waals surface area contributed by atoms with E-state index >= 15 is 0 Å². The summed E-state index contributed by atoms with van der Waals surface area (Å²) in [4.78, 5) is 12.0. The molecule has 2 rings (SSSR count). The molecule has 25 heavy (non-hydrogen) atoms. The van der Waals surface area contributed by atoms with Crippen LogP contribution in [0.1, 0.15) is 11.1 Å². The number of ether oxygens (including phenoxy) is 3. The van der Waals surface area contributed by atoms with Crippen LogP contribution in [0, 0.1) is 13.8 Å². The lowest BCUT2D eigenvalue weighted by Crippen LogP contribution is -2.32. The Morgan fingerprint density at radius 3 is 2.08 bits per heavy atom. The summed E-state index contributed by atoms with van der Waals surface area (Å²) in [6, 6.07) is 10.9. The molecule has 2 amide bonds. The highest BCUT2D eigenvalue weighted by Gasteiger charge is 2.07. The number of nitrogens with one attached hydrogen (secondary N) is 2. The maximum atomic E-state index is 12.0. The molecule has 2 aromatic rings. The van der Waals surface area contributed by atoms with Crippen molar-refractivity contribution in [2.24, 2.45) is 0 Å². The van der Waals surface area contributed by atoms with Crippen molar-refractivity contribution >= 4 is 11.7 Å². The number of carbonyl (C=O) groups excluding carboxylic acids is 1. The van der Waals surface area contributed by atoms with Gasteiger partial charge in [0.2, 0.25) is 0 Å². The van der Waals surface area contributed by atoms with Gasteiger partial charge in [0, 0.05) is 23.9 Å². The molecule has 2 aromatic carbocycles. The third-order valence-corrected chi connectivity index (χ3v) is 3.70. The highest BCUT2D eigenvalue weighted by atomic mass is 16.5. The maximum absolute atomic E-state index is 12.0. The zero-order chi connectivity index (χ0) is 18.2. The van der Waals surface area contributed by atoms with Crippen molar-refractivity contribution in [3.05, 3.63) is 47.5 Å². The minimum Gasteiger partial charge on any atom is -0.496 e. The molecule has 0 saturated carbocycles. The lowest BCUT2D eigenvalue weighted by atomic mass is 10.1. The number of aryl methyl sites for hydroxylation is 2. The van der Waals surface area contributed by atoms with Crippen LogP contribution in [-0.4, -0.2) is 33.4 Å². The molecule has 0 heterocycles. The molecule has 0 fully saturated rings. The Bertz CT molecular complexity index is 689. The summed E-state index contributed by atoms with van der Waals surface area (Å²) < 4.78 is 16.0. The van der Waals surface area contributed by atoms with Gasteiger partial charge in [-0.25, -0.2) is 4.79 Å². The van der Waals surface area contributed by atoms with Crippen LogP contribution in [0.4, 0.5) is 10.5 Å². The predicted molar refractivity (Wildman–Crippen MR) is 98.0 cm³/mol. The highest BCUT2D eigenvalue weighted by molar-refractivity contribution is 5.90. The van der Waals surface area contributed by atoms with Crippen molar-refractivity contribution in [3.8, 4) is 17.2 Å². The summed E-state index contributed by atoms with van der Waals surface area (Å²) in [6.07, 6.45) is 0. The number of rotatable bonds is 7. The van der Waals surface area contributed by atoms with Gasteiger partial charge >= 0.3 is 6.03 Å². The fourth-order valence-electron chi connectivity index (χ4n) is 2.37. The standard InChI is InChI=1S/C19H24N2O4/c1-13-6-5-7-14(2)18(13)21-19(22)20-8-9-25-17-11-15(23-3)10-16(12-17)24-4/h5-7,10-12H,8-9H2,1-4H3,(H2,20,21,22). The molecule has 2 N–H and O–H groups in total. The molecular weight excluding hydrogens is 320 g/mol. The molecule has 134 valence electrons. The van der Waals surface area contributed by atoms with Gasteiger partial charge in [0.05, 0.1) is 20.8 Å². The fourth-order valence-corrected chi connectivity index (χ4v) is 2.37. The van der Waals surface area contributed by atoms with Crippen LogP contribution >= 0.6 is 0 Å². The Hall–Kier alpha value is -2.89. The Morgan fingerprint density at radius 2 is 1.52 bits per heavy atom. The first-order chi connectivity index (χ1) is 12.0. The van der Waals surface area contributed by atoms with Gasteiger partial charge in [-0.3, -0.25) is 0 Å². The molecule has 0 bridgehead atoms. The summed E-state index contributed by atoms with van der Waals surface area (Å²) in [7, 11) is 3.16. The first kappa shape index (κ1) is 18.4. The molecule has 0 aliphatic heterocycles. The number of hydrogen-bond donors (Lipinski definition) is 2. The summed E-state index contributed by atoms with van der Waals surface area (Å²) in [5.41, 5.74) is 2.88. The Morgan fingerprint density at radius 1 is 0.960 bits per heavy atom. The van der Waals surface area contributed by atoms with Gasteiger partial charge in [-0.05, 0) is 25.0 Å². The summed E-state index contributed by atoms with van der Waals surface area (Å²) >= 11 is 0. The quantitative estimate of drug-likeness (QED) is 0.754. The lowest BCUT2D eigenvalue weighted by Gasteiger charge is -2.13. The van der Waals surface area contributed by atoms with Crippen molar-refractivity contribution in [1.82, 2.24) is 5.32 Å². The molecule has 0 atom stereocenters. The number of urea groups is 1. The van der Waals surface area contributed by atoms with E-state index < -0.39 is 0 Å². The molecule has 0 aliphatic rings. The second-order valence-corrected chi connectivity index (χ2v) is 5.54. The number of carbonyl (C=O) groups is 1. The van der Waals surface area contributed by atoms with E-state index in [9.17, 15) is 4.79 Å². The minimum atomic E-state index is -0.260. The van der Waals surface area contributed by atoms with Gasteiger partial charge in [0.1, 0.15) is 23.9 Å². The molecule has 0 unspecified atom stereocenters. The average Bonchev–Trinajstić information content (AvgIpc) is 2.61. The van der Waals surface area contributed by atoms with Gasteiger partial charge in [-0.2, -0.15) is 0 Å². The first-order valence-electron chi connectivity index (χ1n) is 8.00. The zero-order valence-corrected chi connectivity index (χ0v) is 15.0. The highest BCUT2D eigenvalue weighted by Crippen LogP contribution is 2.27. The summed E-state index contributed by atoms with van der Waals surface area (Å²) in [6.45, 7) is 4.62. The number of benzene rings is 2. The first-order valence-corrected chi connectivity index (χ1v) is 8.00. The fraction of sp³-hybridized carbons (Fsp3) is 0.316. The van der Waals surface area contributed by atoms with E-state index in [1.807, 2.05) is 32.0 Å². The monoisotopic (exact) mass is 344 g/mol. The predicted octanol–water partition coefficient (Wildman–Crippen LogP) is 3.52. The van der Waals surface area contributed by atoms with Gasteiger partial charge in [-0.15, -0.1) is 0 Å². The van der Waals surface area contributed by atoms with Gasteiger partial charge < -0.3 is 24.8 Å². The molecule has 0 aliphatic carbocycles. The largest absolute Gasteiger partial charge is 0.496 e. The number of amides is 2. The zero-order valence-electron chi connectivity index (χ0n) is 15.0.